The van der Waals surface area contributed by atoms with Crippen LogP contribution in [0, 0.1) is 12.7 Å². The van der Waals surface area contributed by atoms with E-state index >= 15 is 0 Å². The van der Waals surface area contributed by atoms with Crippen molar-refractivity contribution in [2.45, 2.75) is 19.9 Å². The lowest BCUT2D eigenvalue weighted by Gasteiger charge is -2.05. The molecule has 0 atom stereocenters. The van der Waals surface area contributed by atoms with Crippen molar-refractivity contribution in [1.82, 2.24) is 25.0 Å². The third-order valence-electron chi connectivity index (χ3n) is 3.51. The summed E-state index contributed by atoms with van der Waals surface area (Å²) in [4.78, 5) is 20.1. The number of nitrogens with zero attached hydrogens (tertiary/aromatic N) is 4. The minimum absolute atomic E-state index is 0.117. The van der Waals surface area contributed by atoms with Gasteiger partial charge in [0, 0.05) is 31.0 Å². The van der Waals surface area contributed by atoms with Crippen LogP contribution in [0.3, 0.4) is 0 Å². The standard InChI is InChI=1S/C16H16FN5O2/c1-11-18-8-10-22(11)9-2-7-19-15(23)16-20-14(21-24-16)12-3-5-13(17)6-4-12/h3-6,8,10H,2,7,9H2,1H3,(H,19,23). The number of rotatable bonds is 6. The summed E-state index contributed by atoms with van der Waals surface area (Å²) < 4.78 is 19.9. The molecule has 1 N–H and O–H groups in total. The number of aryl methyl sites for hydroxylation is 2. The smallest absolute Gasteiger partial charge is 0.316 e. The van der Waals surface area contributed by atoms with E-state index in [1.165, 1.54) is 24.3 Å². The molecule has 0 fully saturated rings. The van der Waals surface area contributed by atoms with E-state index in [1.54, 1.807) is 6.20 Å². The number of carbonyl (C=O) groups is 1. The van der Waals surface area contributed by atoms with Crippen molar-refractivity contribution >= 4 is 5.91 Å². The third-order valence-corrected chi connectivity index (χ3v) is 3.51. The Bertz CT molecular complexity index is 825. The van der Waals surface area contributed by atoms with Crippen LogP contribution in [0.4, 0.5) is 4.39 Å². The van der Waals surface area contributed by atoms with Gasteiger partial charge in [-0.3, -0.25) is 4.79 Å². The Balaban J connectivity index is 1.52. The van der Waals surface area contributed by atoms with Gasteiger partial charge in [-0.15, -0.1) is 0 Å². The molecule has 124 valence electrons. The molecular weight excluding hydrogens is 313 g/mol. The van der Waals surface area contributed by atoms with Crippen LogP contribution in [0.25, 0.3) is 11.4 Å². The topological polar surface area (TPSA) is 85.8 Å². The Morgan fingerprint density at radius 3 is 2.83 bits per heavy atom. The first-order valence-electron chi connectivity index (χ1n) is 7.49. The Morgan fingerprint density at radius 1 is 1.33 bits per heavy atom. The van der Waals surface area contributed by atoms with Gasteiger partial charge >= 0.3 is 11.8 Å². The highest BCUT2D eigenvalue weighted by Crippen LogP contribution is 2.15. The maximum absolute atomic E-state index is 12.9. The van der Waals surface area contributed by atoms with Crippen molar-refractivity contribution in [1.29, 1.82) is 0 Å². The second kappa shape index (κ2) is 7.03. The second-order valence-electron chi connectivity index (χ2n) is 5.21. The summed E-state index contributed by atoms with van der Waals surface area (Å²) in [6, 6.07) is 5.64. The summed E-state index contributed by atoms with van der Waals surface area (Å²) in [6.07, 6.45) is 4.38. The molecule has 0 aliphatic heterocycles. The number of imidazole rings is 1. The molecule has 0 bridgehead atoms. The Morgan fingerprint density at radius 2 is 2.12 bits per heavy atom. The molecule has 8 heteroatoms. The highest BCUT2D eigenvalue weighted by Gasteiger charge is 2.15. The fourth-order valence-corrected chi connectivity index (χ4v) is 2.20. The number of hydrogen-bond donors (Lipinski definition) is 1. The normalized spacial score (nSPS) is 10.8. The lowest BCUT2D eigenvalue weighted by atomic mass is 10.2. The molecule has 1 amide bonds. The Labute approximate surface area is 137 Å². The third kappa shape index (κ3) is 3.65. The molecule has 3 rings (SSSR count). The first-order chi connectivity index (χ1) is 11.6. The number of aromatic nitrogens is 4. The van der Waals surface area contributed by atoms with Crippen molar-refractivity contribution in [3.63, 3.8) is 0 Å². The summed E-state index contributed by atoms with van der Waals surface area (Å²) in [6.45, 7) is 3.16. The molecule has 0 spiro atoms. The van der Waals surface area contributed by atoms with Gasteiger partial charge in [0.2, 0.25) is 5.82 Å². The number of amides is 1. The SMILES string of the molecule is Cc1nccn1CCCNC(=O)c1nc(-c2ccc(F)cc2)no1. The molecule has 0 radical (unpaired) electrons. The van der Waals surface area contributed by atoms with Crippen LogP contribution < -0.4 is 5.32 Å². The van der Waals surface area contributed by atoms with Gasteiger partial charge in [0.15, 0.2) is 0 Å². The summed E-state index contributed by atoms with van der Waals surface area (Å²) in [5, 5.41) is 6.46. The molecule has 0 unspecified atom stereocenters. The van der Waals surface area contributed by atoms with Crippen molar-refractivity contribution in [3.05, 3.63) is 54.2 Å². The molecule has 2 aromatic heterocycles. The van der Waals surface area contributed by atoms with Gasteiger partial charge in [0.25, 0.3) is 0 Å². The fraction of sp³-hybridized carbons (Fsp3) is 0.250. The Hall–Kier alpha value is -3.03. The van der Waals surface area contributed by atoms with Crippen LogP contribution in [0.1, 0.15) is 22.9 Å². The Kier molecular flexibility index (Phi) is 4.64. The summed E-state index contributed by atoms with van der Waals surface area (Å²) in [7, 11) is 0. The molecule has 0 saturated heterocycles. The van der Waals surface area contributed by atoms with Gasteiger partial charge in [-0.1, -0.05) is 5.16 Å². The van der Waals surface area contributed by atoms with Crippen LogP contribution in [0.5, 0.6) is 0 Å². The van der Waals surface area contributed by atoms with Gasteiger partial charge in [-0.2, -0.15) is 4.98 Å². The van der Waals surface area contributed by atoms with Gasteiger partial charge in [-0.05, 0) is 37.6 Å². The van der Waals surface area contributed by atoms with E-state index in [4.69, 9.17) is 4.52 Å². The molecule has 0 saturated carbocycles. The van der Waals surface area contributed by atoms with Crippen molar-refractivity contribution in [2.75, 3.05) is 6.54 Å². The molecule has 0 aliphatic rings. The van der Waals surface area contributed by atoms with Crippen LogP contribution in [0.15, 0.2) is 41.2 Å². The number of halogens is 1. The largest absolute Gasteiger partial charge is 0.348 e. The van der Waals surface area contributed by atoms with Crippen LogP contribution in [0.2, 0.25) is 0 Å². The van der Waals surface area contributed by atoms with E-state index in [2.05, 4.69) is 20.4 Å². The van der Waals surface area contributed by atoms with Crippen LogP contribution in [-0.2, 0) is 6.54 Å². The van der Waals surface area contributed by atoms with Gasteiger partial charge in [0.05, 0.1) is 0 Å². The molecule has 1 aromatic carbocycles. The van der Waals surface area contributed by atoms with Crippen molar-refractivity contribution in [3.8, 4) is 11.4 Å². The molecule has 0 aliphatic carbocycles. The van der Waals surface area contributed by atoms with Gasteiger partial charge in [0.1, 0.15) is 11.6 Å². The van der Waals surface area contributed by atoms with E-state index in [0.717, 1.165) is 18.8 Å². The average molecular weight is 329 g/mol. The molecular formula is C16H16FN5O2. The maximum atomic E-state index is 12.9. The molecule has 3 aromatic rings. The van der Waals surface area contributed by atoms with Gasteiger partial charge in [-0.25, -0.2) is 9.37 Å². The minimum atomic E-state index is -0.432. The molecule has 24 heavy (non-hydrogen) atoms. The zero-order chi connectivity index (χ0) is 16.9. The van der Waals surface area contributed by atoms with Crippen LogP contribution in [-0.4, -0.2) is 32.1 Å². The summed E-state index contributed by atoms with van der Waals surface area (Å²) in [5.74, 6) is 0.274. The number of benzene rings is 1. The highest BCUT2D eigenvalue weighted by molar-refractivity contribution is 5.89. The van der Waals surface area contributed by atoms with E-state index in [0.29, 0.717) is 12.1 Å². The predicted octanol–water partition coefficient (Wildman–Crippen LogP) is 2.20. The van der Waals surface area contributed by atoms with Gasteiger partial charge < -0.3 is 14.4 Å². The maximum Gasteiger partial charge on any atom is 0.316 e. The zero-order valence-corrected chi connectivity index (χ0v) is 13.1. The average Bonchev–Trinajstić information content (AvgIpc) is 3.22. The summed E-state index contributed by atoms with van der Waals surface area (Å²) in [5.41, 5.74) is 0.579. The molecule has 7 nitrogen and oxygen atoms in total. The first-order valence-corrected chi connectivity index (χ1v) is 7.49. The number of nitrogens with one attached hydrogen (secondary N) is 1. The quantitative estimate of drug-likeness (QED) is 0.701. The predicted molar refractivity (Wildman–Crippen MR) is 83.6 cm³/mol. The first kappa shape index (κ1) is 15.9. The zero-order valence-electron chi connectivity index (χ0n) is 13.1. The molecule has 2 heterocycles. The summed E-state index contributed by atoms with van der Waals surface area (Å²) >= 11 is 0. The lowest BCUT2D eigenvalue weighted by Crippen LogP contribution is -2.25. The fourth-order valence-electron chi connectivity index (χ4n) is 2.20. The number of carbonyl (C=O) groups excluding carboxylic acids is 1. The van der Waals surface area contributed by atoms with E-state index in [-0.39, 0.29) is 17.5 Å². The van der Waals surface area contributed by atoms with Crippen molar-refractivity contribution in [2.24, 2.45) is 0 Å². The second-order valence-corrected chi connectivity index (χ2v) is 5.21. The van der Waals surface area contributed by atoms with Crippen molar-refractivity contribution < 1.29 is 13.7 Å². The monoisotopic (exact) mass is 329 g/mol. The number of hydrogen-bond acceptors (Lipinski definition) is 5. The van der Waals surface area contributed by atoms with Crippen LogP contribution >= 0.6 is 0 Å². The lowest BCUT2D eigenvalue weighted by molar-refractivity contribution is 0.0909. The van der Waals surface area contributed by atoms with E-state index in [1.807, 2.05) is 17.7 Å². The van der Waals surface area contributed by atoms with E-state index in [9.17, 15) is 9.18 Å². The highest BCUT2D eigenvalue weighted by atomic mass is 19.1. The minimum Gasteiger partial charge on any atom is -0.348 e. The van der Waals surface area contributed by atoms with E-state index < -0.39 is 5.91 Å².